The summed E-state index contributed by atoms with van der Waals surface area (Å²) in [5.74, 6) is 1.04. The molecule has 0 saturated carbocycles. The van der Waals surface area contributed by atoms with Crippen molar-refractivity contribution < 1.29 is 31.0 Å². The first-order chi connectivity index (χ1) is 19.5. The summed E-state index contributed by atoms with van der Waals surface area (Å²) >= 11 is -0.464. The molecule has 212 valence electrons. The summed E-state index contributed by atoms with van der Waals surface area (Å²) in [7, 11) is 0. The van der Waals surface area contributed by atoms with E-state index >= 15 is 0 Å². The second-order valence-electron chi connectivity index (χ2n) is 11.0. The Morgan fingerprint density at radius 2 is 1.95 bits per heavy atom. The number of anilines is 2. The summed E-state index contributed by atoms with van der Waals surface area (Å²) in [6.45, 7) is 13.0. The van der Waals surface area contributed by atoms with Crippen molar-refractivity contribution in [2.45, 2.75) is 51.7 Å². The summed E-state index contributed by atoms with van der Waals surface area (Å²) in [4.78, 5) is 29.6. The van der Waals surface area contributed by atoms with Crippen molar-refractivity contribution in [2.24, 2.45) is 0 Å². The Morgan fingerprint density at radius 3 is 2.75 bits per heavy atom. The fourth-order valence-corrected chi connectivity index (χ4v) is 8.67. The second-order valence-corrected chi connectivity index (χ2v) is 13.5. The van der Waals surface area contributed by atoms with Crippen molar-refractivity contribution in [3.8, 4) is 6.01 Å². The fraction of sp³-hybridized carbons (Fsp3) is 0.452. The van der Waals surface area contributed by atoms with Crippen LogP contribution < -0.4 is 36.0 Å². The molecule has 0 spiro atoms. The molecule has 0 aliphatic carbocycles. The van der Waals surface area contributed by atoms with Crippen LogP contribution in [0.25, 0.3) is 10.8 Å². The number of hydrogen-bond donors (Lipinski definition) is 0. The summed E-state index contributed by atoms with van der Waals surface area (Å²) < 4.78 is 9.19. The molecule has 1 atom stereocenters. The Hall–Kier alpha value is -2.92. The minimum atomic E-state index is -0.464. The maximum absolute atomic E-state index is 12.2. The fourth-order valence-electron chi connectivity index (χ4n) is 6.18. The van der Waals surface area contributed by atoms with Crippen LogP contribution in [0.1, 0.15) is 37.9 Å². The van der Waals surface area contributed by atoms with Crippen molar-refractivity contribution in [1.29, 1.82) is 0 Å². The third kappa shape index (κ3) is 5.50. The number of halogens is 1. The Bertz CT molecular complexity index is 1380. The van der Waals surface area contributed by atoms with Gasteiger partial charge in [0.1, 0.15) is 0 Å². The molecule has 40 heavy (non-hydrogen) atoms. The standard InChI is InChI=1S/C31H38IN6O2/c1-4-29(39)38-18-17-36(21-32-38)30-26-14-16-35(28-13-7-10-23-9-5-6-12-25(23)28)19-27(26)33-31(34-30)40-20-24-11-8-15-37(24)22(2)3/h4-7,9-10,12-13,22,24H,1,8,11,14-21H2,2-3H3/q-1/t24-/m0/s1. The Morgan fingerprint density at radius 1 is 1.10 bits per heavy atom. The van der Waals surface area contributed by atoms with E-state index in [2.05, 4.69) is 77.6 Å². The molecule has 2 aromatic carbocycles. The van der Waals surface area contributed by atoms with E-state index in [1.807, 2.05) is 3.11 Å². The normalized spacial score (nSPS) is 20.0. The first-order valence-electron chi connectivity index (χ1n) is 14.3. The Labute approximate surface area is 247 Å². The summed E-state index contributed by atoms with van der Waals surface area (Å²) in [6.07, 6.45) is 4.66. The van der Waals surface area contributed by atoms with E-state index < -0.39 is 21.5 Å². The van der Waals surface area contributed by atoms with Crippen molar-refractivity contribution in [1.82, 2.24) is 18.0 Å². The molecule has 0 bridgehead atoms. The number of fused-ring (bicyclic) bond motifs is 2. The SMILES string of the molecule is C=CC(=O)N1CCN(c2nc(OC[C@@H]3CCCN3C(C)C)nc3c2CCN(c2cccc4ccccc24)C3)C[I-]1. The number of carbonyl (C=O) groups is 1. The molecule has 6 rings (SSSR count). The zero-order valence-electron chi connectivity index (χ0n) is 23.4. The zero-order chi connectivity index (χ0) is 27.6. The molecule has 2 saturated heterocycles. The van der Waals surface area contributed by atoms with Crippen LogP contribution >= 0.6 is 0 Å². The van der Waals surface area contributed by atoms with Gasteiger partial charge < -0.3 is 0 Å². The molecular weight excluding hydrogens is 615 g/mol. The third-order valence-electron chi connectivity index (χ3n) is 8.24. The monoisotopic (exact) mass is 653 g/mol. The number of benzene rings is 2. The number of carbonyl (C=O) groups excluding carboxylic acids is 1. The van der Waals surface area contributed by atoms with Crippen molar-refractivity contribution in [3.05, 3.63) is 66.4 Å². The minimum absolute atomic E-state index is 0.0400. The van der Waals surface area contributed by atoms with Crippen LogP contribution in [-0.4, -0.2) is 73.3 Å². The molecule has 9 heteroatoms. The number of amides is 1. The molecule has 3 aromatic rings. The maximum atomic E-state index is 12.2. The number of hydrogen-bond acceptors (Lipinski definition) is 7. The summed E-state index contributed by atoms with van der Waals surface area (Å²) in [6, 6.07) is 16.5. The van der Waals surface area contributed by atoms with Crippen LogP contribution in [0, 0.1) is 0 Å². The molecule has 3 aliphatic rings. The molecule has 3 aliphatic heterocycles. The van der Waals surface area contributed by atoms with Gasteiger partial charge in [0.15, 0.2) is 0 Å². The number of rotatable bonds is 7. The van der Waals surface area contributed by atoms with Crippen molar-refractivity contribution >= 4 is 28.2 Å². The van der Waals surface area contributed by atoms with E-state index in [0.717, 1.165) is 55.1 Å². The van der Waals surface area contributed by atoms with E-state index in [1.165, 1.54) is 34.5 Å². The van der Waals surface area contributed by atoms with Crippen LogP contribution in [0.4, 0.5) is 11.5 Å². The average Bonchev–Trinajstić information content (AvgIpc) is 3.48. The Balaban J connectivity index is 1.29. The third-order valence-corrected chi connectivity index (χ3v) is 11.2. The number of nitrogens with zero attached hydrogens (tertiary/aromatic N) is 6. The molecule has 0 radical (unpaired) electrons. The predicted octanol–water partition coefficient (Wildman–Crippen LogP) is 1.24. The molecule has 2 fully saturated rings. The number of aromatic nitrogens is 2. The summed E-state index contributed by atoms with van der Waals surface area (Å²) in [5, 5.41) is 2.52. The van der Waals surface area contributed by atoms with Crippen LogP contribution in [0.5, 0.6) is 6.01 Å². The number of alkyl halides is 1. The number of likely N-dealkylation sites (tertiary alicyclic amines) is 1. The van der Waals surface area contributed by atoms with Gasteiger partial charge in [0.2, 0.25) is 0 Å². The van der Waals surface area contributed by atoms with Gasteiger partial charge in [-0.2, -0.15) is 0 Å². The van der Waals surface area contributed by atoms with Crippen LogP contribution in [0.15, 0.2) is 55.1 Å². The molecule has 0 unspecified atom stereocenters. The van der Waals surface area contributed by atoms with Crippen molar-refractivity contribution in [2.75, 3.05) is 47.1 Å². The second kappa shape index (κ2) is 11.9. The molecule has 8 nitrogen and oxygen atoms in total. The first kappa shape index (κ1) is 27.3. The quantitative estimate of drug-likeness (QED) is 0.125. The van der Waals surface area contributed by atoms with Gasteiger partial charge in [-0.3, -0.25) is 0 Å². The molecular formula is C31H38IN6O2-. The molecule has 1 amide bonds. The van der Waals surface area contributed by atoms with Crippen LogP contribution in [-0.2, 0) is 17.8 Å². The van der Waals surface area contributed by atoms with Crippen LogP contribution in [0.2, 0.25) is 0 Å². The van der Waals surface area contributed by atoms with Gasteiger partial charge in [-0.1, -0.05) is 0 Å². The van der Waals surface area contributed by atoms with E-state index in [9.17, 15) is 4.79 Å². The topological polar surface area (TPSA) is 65.0 Å². The van der Waals surface area contributed by atoms with Crippen molar-refractivity contribution in [3.63, 3.8) is 0 Å². The Kier molecular flexibility index (Phi) is 8.11. The number of ether oxygens (including phenoxy) is 1. The predicted molar refractivity (Wildman–Crippen MR) is 155 cm³/mol. The molecule has 4 heterocycles. The van der Waals surface area contributed by atoms with E-state index in [-0.39, 0.29) is 5.91 Å². The molecule has 0 N–H and O–H groups in total. The van der Waals surface area contributed by atoms with Gasteiger partial charge >= 0.3 is 248 Å². The average molecular weight is 654 g/mol. The van der Waals surface area contributed by atoms with Crippen LogP contribution in [0.3, 0.4) is 0 Å². The molecule has 1 aromatic heterocycles. The van der Waals surface area contributed by atoms with Gasteiger partial charge in [-0.15, -0.1) is 0 Å². The summed E-state index contributed by atoms with van der Waals surface area (Å²) in [5.41, 5.74) is 3.52. The van der Waals surface area contributed by atoms with E-state index in [4.69, 9.17) is 14.7 Å². The van der Waals surface area contributed by atoms with Gasteiger partial charge in [-0.25, -0.2) is 0 Å². The van der Waals surface area contributed by atoms with E-state index in [0.29, 0.717) is 31.2 Å². The zero-order valence-corrected chi connectivity index (χ0v) is 25.6. The van der Waals surface area contributed by atoms with Gasteiger partial charge in [0.05, 0.1) is 0 Å². The van der Waals surface area contributed by atoms with E-state index in [1.54, 1.807) is 0 Å². The van der Waals surface area contributed by atoms with Gasteiger partial charge in [0, 0.05) is 0 Å². The first-order valence-corrected chi connectivity index (χ1v) is 16.8. The van der Waals surface area contributed by atoms with Gasteiger partial charge in [-0.05, 0) is 0 Å². The van der Waals surface area contributed by atoms with Gasteiger partial charge in [0.25, 0.3) is 0 Å².